The van der Waals surface area contributed by atoms with Gasteiger partial charge in [-0.1, -0.05) is 29.8 Å². The van der Waals surface area contributed by atoms with Crippen LogP contribution in [0.1, 0.15) is 19.4 Å². The maximum Gasteiger partial charge on any atom is 0.244 e. The van der Waals surface area contributed by atoms with E-state index in [0.29, 0.717) is 12.5 Å². The SMILES string of the molecule is COc1ccc(Br)cc1/C=C\C(=O)NCC(C)C. The maximum absolute atomic E-state index is 11.6. The molecular formula is C14H18BrNO2. The largest absolute Gasteiger partial charge is 0.496 e. The molecule has 0 aromatic heterocycles. The van der Waals surface area contributed by atoms with E-state index in [9.17, 15) is 4.79 Å². The lowest BCUT2D eigenvalue weighted by molar-refractivity contribution is -0.116. The van der Waals surface area contributed by atoms with Crippen LogP contribution in [0.2, 0.25) is 0 Å². The van der Waals surface area contributed by atoms with Gasteiger partial charge in [-0.2, -0.15) is 0 Å². The predicted molar refractivity (Wildman–Crippen MR) is 77.6 cm³/mol. The fraction of sp³-hybridized carbons (Fsp3) is 0.357. The lowest BCUT2D eigenvalue weighted by Gasteiger charge is -2.06. The quantitative estimate of drug-likeness (QED) is 0.848. The van der Waals surface area contributed by atoms with Crippen molar-refractivity contribution in [2.75, 3.05) is 13.7 Å². The zero-order valence-electron chi connectivity index (χ0n) is 10.9. The molecule has 3 nitrogen and oxygen atoms in total. The molecule has 1 amide bonds. The minimum atomic E-state index is -0.0919. The number of nitrogens with one attached hydrogen (secondary N) is 1. The van der Waals surface area contributed by atoms with Gasteiger partial charge in [-0.25, -0.2) is 0 Å². The number of benzene rings is 1. The lowest BCUT2D eigenvalue weighted by atomic mass is 10.2. The molecule has 0 fully saturated rings. The van der Waals surface area contributed by atoms with Crippen molar-refractivity contribution in [2.45, 2.75) is 13.8 Å². The van der Waals surface area contributed by atoms with E-state index >= 15 is 0 Å². The average Bonchev–Trinajstić information content (AvgIpc) is 2.34. The van der Waals surface area contributed by atoms with Gasteiger partial charge in [0.05, 0.1) is 7.11 Å². The van der Waals surface area contributed by atoms with Gasteiger partial charge in [0.25, 0.3) is 0 Å². The Kier molecular flexibility index (Phi) is 5.92. The molecular weight excluding hydrogens is 294 g/mol. The third-order valence-electron chi connectivity index (χ3n) is 2.29. The molecule has 0 spiro atoms. The van der Waals surface area contributed by atoms with Crippen LogP contribution in [0.4, 0.5) is 0 Å². The van der Waals surface area contributed by atoms with Crippen LogP contribution in [-0.2, 0) is 4.79 Å². The van der Waals surface area contributed by atoms with E-state index in [1.54, 1.807) is 13.2 Å². The molecule has 1 N–H and O–H groups in total. The number of carbonyl (C=O) groups excluding carboxylic acids is 1. The molecule has 0 atom stereocenters. The van der Waals surface area contributed by atoms with Gasteiger partial charge in [0.1, 0.15) is 5.75 Å². The van der Waals surface area contributed by atoms with Crippen molar-refractivity contribution < 1.29 is 9.53 Å². The van der Waals surface area contributed by atoms with Gasteiger partial charge >= 0.3 is 0 Å². The molecule has 1 aromatic rings. The number of methoxy groups -OCH3 is 1. The highest BCUT2D eigenvalue weighted by molar-refractivity contribution is 9.10. The van der Waals surface area contributed by atoms with Crippen LogP contribution in [0.15, 0.2) is 28.7 Å². The minimum Gasteiger partial charge on any atom is -0.496 e. The molecule has 1 rings (SSSR count). The van der Waals surface area contributed by atoms with Crippen molar-refractivity contribution in [1.82, 2.24) is 5.32 Å². The van der Waals surface area contributed by atoms with Crippen molar-refractivity contribution in [3.8, 4) is 5.75 Å². The summed E-state index contributed by atoms with van der Waals surface area (Å²) in [4.78, 5) is 11.6. The van der Waals surface area contributed by atoms with Crippen molar-refractivity contribution in [2.24, 2.45) is 5.92 Å². The molecule has 0 heterocycles. The molecule has 0 aliphatic heterocycles. The number of rotatable bonds is 5. The first kappa shape index (κ1) is 14.8. The summed E-state index contributed by atoms with van der Waals surface area (Å²) in [5, 5.41) is 2.83. The maximum atomic E-state index is 11.6. The fourth-order valence-electron chi connectivity index (χ4n) is 1.36. The second-order valence-electron chi connectivity index (χ2n) is 4.36. The monoisotopic (exact) mass is 311 g/mol. The second-order valence-corrected chi connectivity index (χ2v) is 5.27. The van der Waals surface area contributed by atoms with Crippen LogP contribution in [-0.4, -0.2) is 19.6 Å². The van der Waals surface area contributed by atoms with Crippen molar-refractivity contribution in [1.29, 1.82) is 0 Å². The van der Waals surface area contributed by atoms with Gasteiger partial charge in [-0.05, 0) is 30.2 Å². The van der Waals surface area contributed by atoms with E-state index in [1.807, 2.05) is 18.2 Å². The molecule has 4 heteroatoms. The molecule has 1 aromatic carbocycles. The first-order valence-corrected chi connectivity index (χ1v) is 6.61. The summed E-state index contributed by atoms with van der Waals surface area (Å²) in [5.74, 6) is 1.10. The van der Waals surface area contributed by atoms with E-state index < -0.39 is 0 Å². The molecule has 0 aliphatic carbocycles. The normalized spacial score (nSPS) is 10.9. The number of carbonyl (C=O) groups is 1. The highest BCUT2D eigenvalue weighted by atomic mass is 79.9. The summed E-state index contributed by atoms with van der Waals surface area (Å²) in [6.07, 6.45) is 3.27. The van der Waals surface area contributed by atoms with Gasteiger partial charge in [0, 0.05) is 22.7 Å². The molecule has 0 radical (unpaired) electrons. The zero-order chi connectivity index (χ0) is 13.5. The van der Waals surface area contributed by atoms with Crippen LogP contribution in [0.3, 0.4) is 0 Å². The summed E-state index contributed by atoms with van der Waals surface area (Å²) in [6, 6.07) is 5.66. The van der Waals surface area contributed by atoms with Crippen LogP contribution in [0.25, 0.3) is 6.08 Å². The Hall–Kier alpha value is -1.29. The Morgan fingerprint density at radius 3 is 2.83 bits per heavy atom. The summed E-state index contributed by atoms with van der Waals surface area (Å²) >= 11 is 3.39. The van der Waals surface area contributed by atoms with E-state index in [4.69, 9.17) is 4.74 Å². The summed E-state index contributed by atoms with van der Waals surface area (Å²) in [5.41, 5.74) is 0.867. The van der Waals surface area contributed by atoms with Crippen molar-refractivity contribution >= 4 is 27.9 Å². The van der Waals surface area contributed by atoms with Gasteiger partial charge < -0.3 is 10.1 Å². The molecule has 0 bridgehead atoms. The standard InChI is InChI=1S/C14H18BrNO2/c1-10(2)9-16-14(17)7-4-11-8-12(15)5-6-13(11)18-3/h4-8,10H,9H2,1-3H3,(H,16,17)/b7-4-. The number of amides is 1. The minimum absolute atomic E-state index is 0.0919. The van der Waals surface area contributed by atoms with Gasteiger partial charge in [0.15, 0.2) is 0 Å². The molecule has 0 saturated heterocycles. The van der Waals surface area contributed by atoms with E-state index in [2.05, 4.69) is 35.1 Å². The molecule has 0 saturated carbocycles. The predicted octanol–water partition coefficient (Wildman–Crippen LogP) is 3.24. The molecule has 0 aliphatic rings. The topological polar surface area (TPSA) is 38.3 Å². The second kappa shape index (κ2) is 7.21. The Morgan fingerprint density at radius 2 is 2.22 bits per heavy atom. The first-order valence-electron chi connectivity index (χ1n) is 5.82. The average molecular weight is 312 g/mol. The number of hydrogen-bond acceptors (Lipinski definition) is 2. The Labute approximate surface area is 116 Å². The molecule has 0 unspecified atom stereocenters. The van der Waals surface area contributed by atoms with E-state index in [-0.39, 0.29) is 5.91 Å². The van der Waals surface area contributed by atoms with Crippen LogP contribution >= 0.6 is 15.9 Å². The first-order chi connectivity index (χ1) is 8.52. The van der Waals surface area contributed by atoms with Gasteiger partial charge in [-0.15, -0.1) is 0 Å². The number of ether oxygens (including phenoxy) is 1. The van der Waals surface area contributed by atoms with Crippen molar-refractivity contribution in [3.63, 3.8) is 0 Å². The Balaban J connectivity index is 2.71. The Morgan fingerprint density at radius 1 is 1.50 bits per heavy atom. The fourth-order valence-corrected chi connectivity index (χ4v) is 1.74. The van der Waals surface area contributed by atoms with E-state index in [1.165, 1.54) is 6.08 Å². The Bertz CT molecular complexity index is 441. The van der Waals surface area contributed by atoms with Crippen LogP contribution in [0.5, 0.6) is 5.75 Å². The van der Waals surface area contributed by atoms with Crippen LogP contribution < -0.4 is 10.1 Å². The third kappa shape index (κ3) is 4.92. The summed E-state index contributed by atoms with van der Waals surface area (Å²) in [6.45, 7) is 4.79. The van der Waals surface area contributed by atoms with Gasteiger partial charge in [0.2, 0.25) is 5.91 Å². The molecule has 98 valence electrons. The third-order valence-corrected chi connectivity index (χ3v) is 2.78. The van der Waals surface area contributed by atoms with Crippen molar-refractivity contribution in [3.05, 3.63) is 34.3 Å². The lowest BCUT2D eigenvalue weighted by Crippen LogP contribution is -2.25. The number of hydrogen-bond donors (Lipinski definition) is 1. The van der Waals surface area contributed by atoms with Gasteiger partial charge in [-0.3, -0.25) is 4.79 Å². The smallest absolute Gasteiger partial charge is 0.244 e. The summed E-state index contributed by atoms with van der Waals surface area (Å²) in [7, 11) is 1.61. The summed E-state index contributed by atoms with van der Waals surface area (Å²) < 4.78 is 6.18. The number of halogens is 1. The highest BCUT2D eigenvalue weighted by Gasteiger charge is 2.02. The van der Waals surface area contributed by atoms with E-state index in [0.717, 1.165) is 15.8 Å². The molecule has 18 heavy (non-hydrogen) atoms. The zero-order valence-corrected chi connectivity index (χ0v) is 12.5. The van der Waals surface area contributed by atoms with Crippen LogP contribution in [0, 0.1) is 5.92 Å². The highest BCUT2D eigenvalue weighted by Crippen LogP contribution is 2.23.